The first kappa shape index (κ1) is 14.2. The predicted octanol–water partition coefficient (Wildman–Crippen LogP) is 5.47. The molecule has 1 nitrogen and oxygen atoms in total. The number of allylic oxidation sites excluding steroid dienone is 6. The Morgan fingerprint density at radius 2 is 1.91 bits per heavy atom. The molecule has 2 aromatic rings. The minimum Gasteiger partial charge on any atom is -0.261 e. The van der Waals surface area contributed by atoms with Gasteiger partial charge in [0.1, 0.15) is 0 Å². The molecule has 0 radical (unpaired) electrons. The van der Waals surface area contributed by atoms with E-state index in [9.17, 15) is 0 Å². The highest BCUT2D eigenvalue weighted by atomic mass is 14.7. The zero-order valence-corrected chi connectivity index (χ0v) is 13.3. The minimum absolute atomic E-state index is 0.448. The summed E-state index contributed by atoms with van der Waals surface area (Å²) in [6.45, 7) is 0. The molecular formula is C22H21N. The van der Waals surface area contributed by atoms with Crippen molar-refractivity contribution in [1.82, 2.24) is 4.98 Å². The van der Waals surface area contributed by atoms with E-state index in [0.29, 0.717) is 5.92 Å². The van der Waals surface area contributed by atoms with Crippen LogP contribution in [0.4, 0.5) is 0 Å². The Morgan fingerprint density at radius 3 is 2.74 bits per heavy atom. The summed E-state index contributed by atoms with van der Waals surface area (Å²) in [7, 11) is 0. The van der Waals surface area contributed by atoms with Gasteiger partial charge < -0.3 is 0 Å². The molecule has 0 fully saturated rings. The third-order valence-electron chi connectivity index (χ3n) is 4.73. The van der Waals surface area contributed by atoms with Crippen molar-refractivity contribution >= 4 is 5.57 Å². The molecule has 1 heterocycles. The summed E-state index contributed by atoms with van der Waals surface area (Å²) in [6, 6.07) is 15.0. The van der Waals surface area contributed by atoms with Crippen molar-refractivity contribution in [3.05, 3.63) is 95.4 Å². The van der Waals surface area contributed by atoms with Gasteiger partial charge in [-0.05, 0) is 53.7 Å². The predicted molar refractivity (Wildman–Crippen MR) is 96.2 cm³/mol. The lowest BCUT2D eigenvalue weighted by atomic mass is 9.94. The maximum atomic E-state index is 4.50. The molecule has 1 aromatic heterocycles. The molecule has 114 valence electrons. The SMILES string of the molecule is C1=CC(CC2=CC(Cc3ccccn3)c3ccccc32)=CCC1. The van der Waals surface area contributed by atoms with Gasteiger partial charge in [0.15, 0.2) is 0 Å². The Hall–Kier alpha value is -2.41. The maximum Gasteiger partial charge on any atom is 0.0412 e. The summed E-state index contributed by atoms with van der Waals surface area (Å²) >= 11 is 0. The Bertz CT molecular complexity index is 781. The number of aromatic nitrogens is 1. The molecule has 0 aliphatic heterocycles. The van der Waals surface area contributed by atoms with Crippen LogP contribution in [0.3, 0.4) is 0 Å². The number of fused-ring (bicyclic) bond motifs is 1. The van der Waals surface area contributed by atoms with Crippen molar-refractivity contribution in [1.29, 1.82) is 0 Å². The quantitative estimate of drug-likeness (QED) is 0.729. The van der Waals surface area contributed by atoms with E-state index in [4.69, 9.17) is 0 Å². The van der Waals surface area contributed by atoms with Gasteiger partial charge in [-0.2, -0.15) is 0 Å². The van der Waals surface area contributed by atoms with Gasteiger partial charge in [0.05, 0.1) is 0 Å². The monoisotopic (exact) mass is 299 g/mol. The number of pyridine rings is 1. The highest BCUT2D eigenvalue weighted by Crippen LogP contribution is 2.40. The van der Waals surface area contributed by atoms with Crippen LogP contribution < -0.4 is 0 Å². The van der Waals surface area contributed by atoms with Gasteiger partial charge in [0, 0.05) is 24.2 Å². The first-order valence-corrected chi connectivity index (χ1v) is 8.45. The average molecular weight is 299 g/mol. The summed E-state index contributed by atoms with van der Waals surface area (Å²) in [5, 5.41) is 0. The van der Waals surface area contributed by atoms with Crippen LogP contribution in [0.15, 0.2) is 78.5 Å². The molecule has 0 amide bonds. The van der Waals surface area contributed by atoms with Crippen molar-refractivity contribution in [2.75, 3.05) is 0 Å². The van der Waals surface area contributed by atoms with Gasteiger partial charge in [-0.1, -0.05) is 54.6 Å². The highest BCUT2D eigenvalue weighted by molar-refractivity contribution is 5.76. The molecule has 2 aliphatic carbocycles. The first-order chi connectivity index (χ1) is 11.4. The van der Waals surface area contributed by atoms with E-state index in [1.165, 1.54) is 40.8 Å². The molecule has 0 N–H and O–H groups in total. The Balaban J connectivity index is 1.62. The normalized spacial score (nSPS) is 19.2. The smallest absolute Gasteiger partial charge is 0.0412 e. The standard InChI is InChI=1S/C22H21N/c1-2-8-17(9-3-1)14-18-15-19(16-20-10-6-7-13-23-20)22-12-5-4-11-21(18)22/h2,4-13,15,19H,1,3,14,16H2. The molecule has 1 unspecified atom stereocenters. The number of hydrogen-bond donors (Lipinski definition) is 0. The van der Waals surface area contributed by atoms with E-state index in [1.807, 2.05) is 12.3 Å². The van der Waals surface area contributed by atoms with E-state index >= 15 is 0 Å². The van der Waals surface area contributed by atoms with Crippen molar-refractivity contribution in [2.24, 2.45) is 0 Å². The fourth-order valence-electron chi connectivity index (χ4n) is 3.62. The molecule has 4 rings (SSSR count). The number of benzene rings is 1. The van der Waals surface area contributed by atoms with E-state index in [1.54, 1.807) is 0 Å². The van der Waals surface area contributed by atoms with E-state index in [0.717, 1.165) is 12.8 Å². The summed E-state index contributed by atoms with van der Waals surface area (Å²) in [4.78, 5) is 4.50. The fourth-order valence-corrected chi connectivity index (χ4v) is 3.62. The molecule has 23 heavy (non-hydrogen) atoms. The third kappa shape index (κ3) is 3.05. The van der Waals surface area contributed by atoms with Crippen LogP contribution in [-0.2, 0) is 6.42 Å². The van der Waals surface area contributed by atoms with Crippen LogP contribution in [0.1, 0.15) is 42.0 Å². The lowest BCUT2D eigenvalue weighted by Gasteiger charge is -2.10. The third-order valence-corrected chi connectivity index (χ3v) is 4.73. The summed E-state index contributed by atoms with van der Waals surface area (Å²) < 4.78 is 0. The molecule has 1 aromatic carbocycles. The molecule has 0 saturated carbocycles. The summed E-state index contributed by atoms with van der Waals surface area (Å²) in [5.74, 6) is 0.448. The van der Waals surface area contributed by atoms with Crippen LogP contribution in [0.2, 0.25) is 0 Å². The van der Waals surface area contributed by atoms with Gasteiger partial charge in [-0.15, -0.1) is 0 Å². The highest BCUT2D eigenvalue weighted by Gasteiger charge is 2.23. The molecule has 1 atom stereocenters. The number of nitrogens with zero attached hydrogens (tertiary/aromatic N) is 1. The average Bonchev–Trinajstić information content (AvgIpc) is 2.95. The van der Waals surface area contributed by atoms with Crippen molar-refractivity contribution in [3.63, 3.8) is 0 Å². The number of rotatable bonds is 4. The van der Waals surface area contributed by atoms with Crippen LogP contribution in [0.25, 0.3) is 5.57 Å². The topological polar surface area (TPSA) is 12.9 Å². The molecule has 0 bridgehead atoms. The zero-order chi connectivity index (χ0) is 15.5. The van der Waals surface area contributed by atoms with E-state index < -0.39 is 0 Å². The molecule has 0 spiro atoms. The van der Waals surface area contributed by atoms with Crippen molar-refractivity contribution in [3.8, 4) is 0 Å². The van der Waals surface area contributed by atoms with Crippen LogP contribution in [0, 0.1) is 0 Å². The Labute approximate surface area is 138 Å². The Kier molecular flexibility index (Phi) is 3.94. The molecule has 0 saturated heterocycles. The van der Waals surface area contributed by atoms with Crippen LogP contribution in [0.5, 0.6) is 0 Å². The summed E-state index contributed by atoms with van der Waals surface area (Å²) in [6.07, 6.45) is 15.7. The van der Waals surface area contributed by atoms with Gasteiger partial charge in [0.25, 0.3) is 0 Å². The van der Waals surface area contributed by atoms with Crippen molar-refractivity contribution < 1.29 is 0 Å². The maximum absolute atomic E-state index is 4.50. The molecule has 2 aliphatic rings. The second-order valence-corrected chi connectivity index (χ2v) is 6.35. The second kappa shape index (κ2) is 6.37. The van der Waals surface area contributed by atoms with Crippen LogP contribution >= 0.6 is 0 Å². The van der Waals surface area contributed by atoms with E-state index in [2.05, 4.69) is 65.7 Å². The van der Waals surface area contributed by atoms with Crippen molar-refractivity contribution in [2.45, 2.75) is 31.6 Å². The molecular weight excluding hydrogens is 278 g/mol. The number of hydrogen-bond acceptors (Lipinski definition) is 1. The van der Waals surface area contributed by atoms with Gasteiger partial charge >= 0.3 is 0 Å². The van der Waals surface area contributed by atoms with Gasteiger partial charge in [-0.25, -0.2) is 0 Å². The second-order valence-electron chi connectivity index (χ2n) is 6.35. The fraction of sp³-hybridized carbons (Fsp3) is 0.227. The zero-order valence-electron chi connectivity index (χ0n) is 13.3. The Morgan fingerprint density at radius 1 is 1.00 bits per heavy atom. The lowest BCUT2D eigenvalue weighted by Crippen LogP contribution is -1.99. The first-order valence-electron chi connectivity index (χ1n) is 8.45. The largest absolute Gasteiger partial charge is 0.261 e. The van der Waals surface area contributed by atoms with Crippen LogP contribution in [-0.4, -0.2) is 4.98 Å². The van der Waals surface area contributed by atoms with E-state index in [-0.39, 0.29) is 0 Å². The lowest BCUT2D eigenvalue weighted by molar-refractivity contribution is 0.821. The summed E-state index contributed by atoms with van der Waals surface area (Å²) in [5.41, 5.74) is 6.97. The van der Waals surface area contributed by atoms with Gasteiger partial charge in [-0.3, -0.25) is 4.98 Å². The minimum atomic E-state index is 0.448. The molecule has 1 heteroatoms. The van der Waals surface area contributed by atoms with Gasteiger partial charge in [0.2, 0.25) is 0 Å².